The predicted molar refractivity (Wildman–Crippen MR) is 236 cm³/mol. The van der Waals surface area contributed by atoms with Crippen molar-refractivity contribution < 1.29 is 95.3 Å². The number of aliphatic hydroxyl groups is 2. The van der Waals surface area contributed by atoms with Crippen LogP contribution in [0.1, 0.15) is 25.0 Å². The van der Waals surface area contributed by atoms with Crippen LogP contribution in [0.15, 0.2) is 153 Å². The van der Waals surface area contributed by atoms with Crippen LogP contribution >= 0.6 is 23.9 Å². The van der Waals surface area contributed by atoms with Crippen LogP contribution < -0.4 is 91.2 Å². The molecule has 4 aromatic rings. The Labute approximate surface area is 414 Å². The van der Waals surface area contributed by atoms with Crippen molar-refractivity contribution in [1.29, 1.82) is 0 Å². The van der Waals surface area contributed by atoms with Crippen LogP contribution in [0, 0.1) is 0 Å². The van der Waals surface area contributed by atoms with Gasteiger partial charge in [0.15, 0.2) is 0 Å². The Kier molecular flexibility index (Phi) is 19.3. The fraction of sp³-hybridized carbons (Fsp3) is 0.150. The molecule has 0 bridgehead atoms. The van der Waals surface area contributed by atoms with Gasteiger partial charge >= 0.3 is 59.1 Å². The van der Waals surface area contributed by atoms with Crippen molar-refractivity contribution in [2.75, 3.05) is 34.7 Å². The Morgan fingerprint density at radius 1 is 0.597 bits per heavy atom. The zero-order valence-corrected chi connectivity index (χ0v) is 41.4. The maximum Gasteiger partial charge on any atom is 1.00 e. The number of hydrazine groups is 2. The van der Waals surface area contributed by atoms with E-state index in [-0.39, 0.29) is 107 Å². The largest absolute Gasteiger partial charge is 1.00 e. The van der Waals surface area contributed by atoms with Gasteiger partial charge in [-0.05, 0) is 85.7 Å². The Morgan fingerprint density at radius 2 is 0.968 bits per heavy atom. The van der Waals surface area contributed by atoms with E-state index in [1.807, 2.05) is 60.7 Å². The number of benzene rings is 4. The molecule has 0 amide bonds. The SMILES string of the molecule is C[C@@H](CO)NC1=CN(Nc2ccccc2)SC(Nc2ccc(C=Cc3ccc(NC4=CC(N[C@@H](C)CO)=CN(Nc5ccccc5)S4)cc3S(=O)(=O)[O-])c(S(=O)(=O)[O-])c2)=C1.[Na+].[Na+]. The minimum absolute atomic E-state index is 0. The first-order valence-electron chi connectivity index (χ1n) is 18.3. The van der Waals surface area contributed by atoms with Crippen molar-refractivity contribution >= 4 is 79.0 Å². The molecule has 16 nitrogen and oxygen atoms in total. The zero-order valence-electron chi connectivity index (χ0n) is 34.1. The standard InChI is InChI=1S/C40H44N8O8S4.2Na/c1-27(25-49)41-35-21-39(57-47(23-35)45-31-9-5-3-6-10-31)43-33-17-15-29(37(19-33)59(51,52)53)13-14-30-16-18-34(20-38(30)60(54,55)56)44-40-22-36(42-28(2)26-50)24-48(58-40)46-32-11-7-4-8-12-32;;/h3-24,27-28,41-46,49-50H,25-26H2,1-2H3,(H,51,52,53)(H,54,55,56);;/q;2*+1/p-2/t27-,28-;;/m0../s1. The van der Waals surface area contributed by atoms with Crippen molar-refractivity contribution in [2.24, 2.45) is 0 Å². The number of hydrogen-bond acceptors (Lipinski definition) is 18. The van der Waals surface area contributed by atoms with Crippen LogP contribution in [0.5, 0.6) is 0 Å². The van der Waals surface area contributed by atoms with Gasteiger partial charge in [0.05, 0.1) is 68.2 Å². The number of rotatable bonds is 18. The van der Waals surface area contributed by atoms with Crippen LogP contribution in [0.3, 0.4) is 0 Å². The molecule has 2 atom stereocenters. The summed E-state index contributed by atoms with van der Waals surface area (Å²) < 4.78 is 78.8. The maximum absolute atomic E-state index is 12.6. The van der Waals surface area contributed by atoms with E-state index in [0.29, 0.717) is 21.5 Å². The minimum Gasteiger partial charge on any atom is -0.744 e. The first-order chi connectivity index (χ1) is 28.6. The van der Waals surface area contributed by atoms with Gasteiger partial charge in [0.1, 0.15) is 20.2 Å². The number of hydrogen-bond donors (Lipinski definition) is 8. The number of anilines is 4. The Balaban J connectivity index is 0.00000422. The van der Waals surface area contributed by atoms with E-state index >= 15 is 0 Å². The first-order valence-corrected chi connectivity index (χ1v) is 22.6. The molecule has 0 saturated carbocycles. The second kappa shape index (κ2) is 23.4. The van der Waals surface area contributed by atoms with Gasteiger partial charge < -0.3 is 40.6 Å². The minimum atomic E-state index is -5.06. The van der Waals surface area contributed by atoms with Crippen molar-refractivity contribution in [3.8, 4) is 0 Å². The fourth-order valence-corrected chi connectivity index (χ4v) is 8.79. The third-order valence-electron chi connectivity index (χ3n) is 8.42. The number of nitrogens with zero attached hydrogens (tertiary/aromatic N) is 2. The molecule has 6 rings (SSSR count). The molecule has 8 N–H and O–H groups in total. The third-order valence-corrected chi connectivity index (χ3v) is 11.8. The van der Waals surface area contributed by atoms with Crippen molar-refractivity contribution in [3.05, 3.63) is 154 Å². The zero-order chi connectivity index (χ0) is 42.9. The number of aliphatic hydroxyl groups excluding tert-OH is 2. The average molecular weight is 937 g/mol. The molecule has 62 heavy (non-hydrogen) atoms. The van der Waals surface area contributed by atoms with Crippen LogP contribution in [-0.4, -0.2) is 70.3 Å². The van der Waals surface area contributed by atoms with Gasteiger partial charge in [-0.15, -0.1) is 0 Å². The van der Waals surface area contributed by atoms with Gasteiger partial charge in [0.25, 0.3) is 0 Å². The van der Waals surface area contributed by atoms with Crippen LogP contribution in [-0.2, 0) is 20.2 Å². The van der Waals surface area contributed by atoms with E-state index in [9.17, 15) is 36.2 Å². The molecule has 0 saturated heterocycles. The summed E-state index contributed by atoms with van der Waals surface area (Å²) in [6.45, 7) is 3.36. The molecule has 316 valence electrons. The second-order valence-electron chi connectivity index (χ2n) is 13.4. The molecule has 0 unspecified atom stereocenters. The summed E-state index contributed by atoms with van der Waals surface area (Å²) in [5.74, 6) is 0. The van der Waals surface area contributed by atoms with Crippen LogP contribution in [0.4, 0.5) is 22.7 Å². The van der Waals surface area contributed by atoms with Gasteiger partial charge in [-0.3, -0.25) is 10.9 Å². The third kappa shape index (κ3) is 15.0. The summed E-state index contributed by atoms with van der Waals surface area (Å²) >= 11 is 2.48. The van der Waals surface area contributed by atoms with E-state index < -0.39 is 30.0 Å². The summed E-state index contributed by atoms with van der Waals surface area (Å²) in [7, 11) is -10.1. The molecule has 0 radical (unpaired) electrons. The van der Waals surface area contributed by atoms with E-state index in [0.717, 1.165) is 11.4 Å². The molecular weight excluding hydrogens is 895 g/mol. The summed E-state index contributed by atoms with van der Waals surface area (Å²) in [6, 6.07) is 26.4. The number of allylic oxidation sites excluding steroid dienone is 2. The molecule has 22 heteroatoms. The number of para-hydroxylation sites is 2. The summed E-state index contributed by atoms with van der Waals surface area (Å²) in [6.07, 6.45) is 9.59. The molecule has 0 fully saturated rings. The van der Waals surface area contributed by atoms with Gasteiger partial charge in [-0.1, -0.05) is 60.7 Å². The van der Waals surface area contributed by atoms with Crippen molar-refractivity contribution in [2.45, 2.75) is 35.7 Å². The van der Waals surface area contributed by atoms with Crippen LogP contribution in [0.25, 0.3) is 12.2 Å². The van der Waals surface area contributed by atoms with E-state index in [4.69, 9.17) is 0 Å². The summed E-state index contributed by atoms with van der Waals surface area (Å²) in [4.78, 5) is -1.17. The molecule has 2 aliphatic heterocycles. The van der Waals surface area contributed by atoms with Gasteiger partial charge in [-0.25, -0.2) is 25.7 Å². The molecule has 2 aliphatic rings. The fourth-order valence-electron chi connectivity index (χ4n) is 5.65. The van der Waals surface area contributed by atoms with E-state index in [2.05, 4.69) is 32.1 Å². The summed E-state index contributed by atoms with van der Waals surface area (Å²) in [5.41, 5.74) is 9.79. The molecule has 4 aromatic carbocycles. The first kappa shape index (κ1) is 51.1. The molecule has 2 heterocycles. The van der Waals surface area contributed by atoms with E-state index in [1.54, 1.807) is 59.4 Å². The Hall–Kier alpha value is -3.58. The Morgan fingerprint density at radius 3 is 1.31 bits per heavy atom. The van der Waals surface area contributed by atoms with Crippen molar-refractivity contribution in [3.63, 3.8) is 0 Å². The second-order valence-corrected chi connectivity index (χ2v) is 18.2. The predicted octanol–water partition coefficient (Wildman–Crippen LogP) is -0.215. The average Bonchev–Trinajstić information content (AvgIpc) is 3.20. The molecule has 0 spiro atoms. The van der Waals surface area contributed by atoms with Crippen LogP contribution in [0.2, 0.25) is 0 Å². The maximum atomic E-state index is 12.6. The van der Waals surface area contributed by atoms with Crippen molar-refractivity contribution in [1.82, 2.24) is 19.5 Å². The molecular formula is C40H42N8Na2O8S4. The smallest absolute Gasteiger partial charge is 0.744 e. The Bertz CT molecular complexity index is 2380. The molecule has 0 aromatic heterocycles. The number of nitrogens with one attached hydrogen (secondary N) is 6. The summed E-state index contributed by atoms with van der Waals surface area (Å²) in [5, 5.41) is 33.0. The van der Waals surface area contributed by atoms with Gasteiger partial charge in [0.2, 0.25) is 0 Å². The van der Waals surface area contributed by atoms with Gasteiger partial charge in [-0.2, -0.15) is 0 Å². The van der Waals surface area contributed by atoms with E-state index in [1.165, 1.54) is 60.3 Å². The molecule has 0 aliphatic carbocycles. The topological polar surface area (TPSA) is 234 Å². The quantitative estimate of drug-likeness (QED) is 0.0279. The normalized spacial score (nSPS) is 15.1. The van der Waals surface area contributed by atoms with Gasteiger partial charge in [0, 0.05) is 47.4 Å². The monoisotopic (exact) mass is 936 g/mol.